The minimum Gasteiger partial charge on any atom is -0.504 e. The summed E-state index contributed by atoms with van der Waals surface area (Å²) in [5.41, 5.74) is 0.393. The van der Waals surface area contributed by atoms with Crippen LogP contribution in [0, 0.1) is 0 Å². The van der Waals surface area contributed by atoms with Gasteiger partial charge in [0.1, 0.15) is 5.38 Å². The normalized spacial score (nSPS) is 14.0. The minimum absolute atomic E-state index is 0.0740. The number of hydrogen-bond donors (Lipinski definition) is 1. The second-order valence-corrected chi connectivity index (χ2v) is 5.73. The fourth-order valence-electron chi connectivity index (χ4n) is 2.42. The second kappa shape index (κ2) is 5.52. The lowest BCUT2D eigenvalue weighted by Gasteiger charge is -2.19. The van der Waals surface area contributed by atoms with E-state index in [9.17, 15) is 19.5 Å². The Kier molecular flexibility index (Phi) is 3.66. The average Bonchev–Trinajstić information content (AvgIpc) is 2.54. The van der Waals surface area contributed by atoms with Gasteiger partial charge < -0.3 is 9.84 Å². The summed E-state index contributed by atoms with van der Waals surface area (Å²) in [6.07, 6.45) is 0. The molecule has 1 unspecified atom stereocenters. The summed E-state index contributed by atoms with van der Waals surface area (Å²) in [7, 11) is 0. The van der Waals surface area contributed by atoms with Gasteiger partial charge in [0.2, 0.25) is 0 Å². The largest absolute Gasteiger partial charge is 0.504 e. The smallest absolute Gasteiger partial charge is 0.329 e. The third kappa shape index (κ3) is 2.39. The first-order chi connectivity index (χ1) is 10.9. The Hall–Kier alpha value is -2.66. The number of hydrogen-bond acceptors (Lipinski definition) is 5. The molecule has 0 saturated carbocycles. The molecule has 1 atom stereocenters. The van der Waals surface area contributed by atoms with Gasteiger partial charge in [-0.05, 0) is 19.1 Å². The number of aromatic hydroxyl groups is 1. The van der Waals surface area contributed by atoms with E-state index < -0.39 is 22.9 Å². The Balaban J connectivity index is 2.13. The molecule has 0 heterocycles. The van der Waals surface area contributed by atoms with Crippen LogP contribution < -0.4 is 4.74 Å². The summed E-state index contributed by atoms with van der Waals surface area (Å²) in [4.78, 5) is 36.6. The Morgan fingerprint density at radius 1 is 1.04 bits per heavy atom. The van der Waals surface area contributed by atoms with Crippen LogP contribution in [0.15, 0.2) is 36.4 Å². The van der Waals surface area contributed by atoms with Crippen molar-refractivity contribution in [3.05, 3.63) is 58.7 Å². The van der Waals surface area contributed by atoms with Crippen LogP contribution in [0.1, 0.15) is 38.8 Å². The predicted molar refractivity (Wildman–Crippen MR) is 82.4 cm³/mol. The Morgan fingerprint density at radius 3 is 2.26 bits per heavy atom. The molecule has 0 amide bonds. The molecule has 5 nitrogen and oxygen atoms in total. The van der Waals surface area contributed by atoms with Gasteiger partial charge in [0.25, 0.3) is 0 Å². The van der Waals surface area contributed by atoms with E-state index in [2.05, 4.69) is 0 Å². The van der Waals surface area contributed by atoms with Gasteiger partial charge in [-0.2, -0.15) is 0 Å². The molecule has 0 aromatic heterocycles. The van der Waals surface area contributed by atoms with Gasteiger partial charge in [-0.15, -0.1) is 11.6 Å². The Bertz CT molecular complexity index is 854. The number of phenols is 1. The van der Waals surface area contributed by atoms with Crippen LogP contribution in [0.5, 0.6) is 11.5 Å². The molecule has 23 heavy (non-hydrogen) atoms. The molecule has 0 fully saturated rings. The lowest BCUT2D eigenvalue weighted by molar-refractivity contribution is -0.133. The average molecular weight is 331 g/mol. The molecule has 6 heteroatoms. The highest BCUT2D eigenvalue weighted by molar-refractivity contribution is 6.30. The van der Waals surface area contributed by atoms with Crippen LogP contribution in [-0.2, 0) is 4.79 Å². The number of ether oxygens (including phenoxy) is 1. The van der Waals surface area contributed by atoms with Crippen LogP contribution in [0.3, 0.4) is 0 Å². The van der Waals surface area contributed by atoms with E-state index >= 15 is 0 Å². The fourth-order valence-corrected chi connectivity index (χ4v) is 2.47. The molecule has 0 saturated heterocycles. The van der Waals surface area contributed by atoms with E-state index in [4.69, 9.17) is 16.3 Å². The zero-order chi connectivity index (χ0) is 16.7. The fraction of sp³-hybridized carbons (Fsp3) is 0.118. The number of phenolic OH excluding ortho intramolecular Hbond substituents is 1. The van der Waals surface area contributed by atoms with Crippen molar-refractivity contribution >= 4 is 29.1 Å². The number of carbonyl (C=O) groups is 3. The molecular weight excluding hydrogens is 320 g/mol. The maximum atomic E-state index is 12.6. The van der Waals surface area contributed by atoms with E-state index in [1.807, 2.05) is 0 Å². The zero-order valence-corrected chi connectivity index (χ0v) is 12.8. The van der Waals surface area contributed by atoms with E-state index in [-0.39, 0.29) is 33.8 Å². The van der Waals surface area contributed by atoms with Gasteiger partial charge in [-0.25, -0.2) is 0 Å². The summed E-state index contributed by atoms with van der Waals surface area (Å²) in [6.45, 7) is 1.42. The molecule has 0 bridgehead atoms. The van der Waals surface area contributed by atoms with Gasteiger partial charge in [-0.1, -0.05) is 24.3 Å². The molecule has 1 aliphatic carbocycles. The molecule has 2 aromatic carbocycles. The van der Waals surface area contributed by atoms with Crippen LogP contribution in [0.25, 0.3) is 0 Å². The summed E-state index contributed by atoms with van der Waals surface area (Å²) in [6, 6.07) is 8.98. The quantitative estimate of drug-likeness (QED) is 0.444. The second-order valence-electron chi connectivity index (χ2n) is 5.08. The van der Waals surface area contributed by atoms with Gasteiger partial charge >= 0.3 is 5.97 Å². The number of esters is 1. The lowest BCUT2D eigenvalue weighted by Crippen LogP contribution is -2.22. The van der Waals surface area contributed by atoms with Crippen LogP contribution in [0.4, 0.5) is 0 Å². The number of rotatable bonds is 2. The highest BCUT2D eigenvalue weighted by Gasteiger charge is 2.33. The molecule has 3 rings (SSSR count). The number of carbonyl (C=O) groups excluding carboxylic acids is 3. The molecule has 0 spiro atoms. The van der Waals surface area contributed by atoms with Crippen molar-refractivity contribution in [3.8, 4) is 11.5 Å². The monoisotopic (exact) mass is 330 g/mol. The summed E-state index contributed by atoms with van der Waals surface area (Å²) >= 11 is 5.62. The number of alkyl halides is 1. The molecule has 116 valence electrons. The van der Waals surface area contributed by atoms with Gasteiger partial charge in [0, 0.05) is 16.7 Å². The van der Waals surface area contributed by atoms with E-state index in [0.717, 1.165) is 0 Å². The van der Waals surface area contributed by atoms with Crippen LogP contribution in [-0.4, -0.2) is 28.0 Å². The van der Waals surface area contributed by atoms with Crippen molar-refractivity contribution in [1.29, 1.82) is 0 Å². The first kappa shape index (κ1) is 15.2. The van der Waals surface area contributed by atoms with Gasteiger partial charge in [-0.3, -0.25) is 14.4 Å². The highest BCUT2D eigenvalue weighted by Crippen LogP contribution is 2.38. The molecule has 0 radical (unpaired) electrons. The lowest BCUT2D eigenvalue weighted by atomic mass is 9.83. The van der Waals surface area contributed by atoms with E-state index in [1.165, 1.54) is 25.1 Å². The number of benzene rings is 2. The SMILES string of the molecule is CC(Cl)C(=O)Oc1ccc2c(c1O)C(=O)c1ccccc1C2=O. The van der Waals surface area contributed by atoms with Crippen molar-refractivity contribution in [2.24, 2.45) is 0 Å². The maximum absolute atomic E-state index is 12.6. The molecule has 1 aliphatic rings. The van der Waals surface area contributed by atoms with Crippen molar-refractivity contribution in [2.45, 2.75) is 12.3 Å². The maximum Gasteiger partial charge on any atom is 0.329 e. The van der Waals surface area contributed by atoms with Crippen LogP contribution >= 0.6 is 11.6 Å². The minimum atomic E-state index is -0.913. The topological polar surface area (TPSA) is 80.7 Å². The number of fused-ring (bicyclic) bond motifs is 2. The highest BCUT2D eigenvalue weighted by atomic mass is 35.5. The molecule has 0 aliphatic heterocycles. The standard InChI is InChI=1S/C17H11ClO5/c1-8(18)17(22)23-12-7-6-11-13(16(12)21)15(20)10-5-3-2-4-9(10)14(11)19/h2-8,21H,1H3. The first-order valence-corrected chi connectivity index (χ1v) is 7.25. The van der Waals surface area contributed by atoms with Gasteiger partial charge in [0.05, 0.1) is 5.56 Å². The molecule has 1 N–H and O–H groups in total. The zero-order valence-electron chi connectivity index (χ0n) is 12.0. The van der Waals surface area contributed by atoms with Crippen molar-refractivity contribution < 1.29 is 24.2 Å². The first-order valence-electron chi connectivity index (χ1n) is 6.82. The van der Waals surface area contributed by atoms with E-state index in [0.29, 0.717) is 0 Å². The van der Waals surface area contributed by atoms with Crippen molar-refractivity contribution in [2.75, 3.05) is 0 Å². The summed E-state index contributed by atoms with van der Waals surface area (Å²) in [5, 5.41) is 9.37. The third-order valence-corrected chi connectivity index (χ3v) is 3.74. The summed E-state index contributed by atoms with van der Waals surface area (Å²) < 4.78 is 4.96. The predicted octanol–water partition coefficient (Wildman–Crippen LogP) is 2.70. The number of halogens is 1. The van der Waals surface area contributed by atoms with Crippen molar-refractivity contribution in [3.63, 3.8) is 0 Å². The Morgan fingerprint density at radius 2 is 1.65 bits per heavy atom. The number of ketones is 2. The molecular formula is C17H11ClO5. The van der Waals surface area contributed by atoms with E-state index in [1.54, 1.807) is 18.2 Å². The molecule has 2 aromatic rings. The van der Waals surface area contributed by atoms with Crippen molar-refractivity contribution in [1.82, 2.24) is 0 Å². The Labute approximate surface area is 136 Å². The van der Waals surface area contributed by atoms with Gasteiger partial charge in [0.15, 0.2) is 23.1 Å². The third-order valence-electron chi connectivity index (χ3n) is 3.56. The summed E-state index contributed by atoms with van der Waals surface area (Å²) in [5.74, 6) is -2.38. The van der Waals surface area contributed by atoms with Crippen LogP contribution in [0.2, 0.25) is 0 Å².